The molecule has 0 aliphatic carbocycles. The topological polar surface area (TPSA) is 12.0 Å². The number of thioether (sulfide) groups is 1. The molecule has 3 rings (SSSR count). The molecule has 1 N–H and O–H groups in total. The summed E-state index contributed by atoms with van der Waals surface area (Å²) >= 11 is 11.1. The molecule has 0 radical (unpaired) electrons. The smallest absolute Gasteiger partial charge is 0.137 e. The van der Waals surface area contributed by atoms with E-state index >= 15 is 0 Å². The number of rotatable bonds is 3. The minimum atomic E-state index is -0.225. The van der Waals surface area contributed by atoms with Gasteiger partial charge in [0.1, 0.15) is 5.82 Å². The maximum atomic E-state index is 13.5. The molecule has 110 valence electrons. The molecule has 1 heterocycles. The molecular weight excluding hydrogens is 373 g/mol. The summed E-state index contributed by atoms with van der Waals surface area (Å²) in [5.74, 6) is 0.859. The van der Waals surface area contributed by atoms with Crippen LogP contribution < -0.4 is 5.32 Å². The van der Waals surface area contributed by atoms with Gasteiger partial charge in [-0.15, -0.1) is 11.8 Å². The summed E-state index contributed by atoms with van der Waals surface area (Å²) in [7, 11) is 0. The molecule has 2 aromatic rings. The molecule has 0 bridgehead atoms. The predicted octanol–water partition coefficient (Wildman–Crippen LogP) is 5.57. The summed E-state index contributed by atoms with van der Waals surface area (Å²) in [6.07, 6.45) is 1.05. The SMILES string of the molecule is Fc1cc(CNC2CCSc3ccc(Cl)cc32)ccc1Br. The molecule has 1 nitrogen and oxygen atoms in total. The molecule has 1 atom stereocenters. The zero-order valence-corrected chi connectivity index (χ0v) is 14.4. The van der Waals surface area contributed by atoms with Crippen LogP contribution in [-0.4, -0.2) is 5.75 Å². The predicted molar refractivity (Wildman–Crippen MR) is 90.5 cm³/mol. The first kappa shape index (κ1) is 15.3. The Kier molecular flexibility index (Phi) is 4.89. The van der Waals surface area contributed by atoms with Crippen molar-refractivity contribution in [2.24, 2.45) is 0 Å². The molecule has 1 aliphatic heterocycles. The van der Waals surface area contributed by atoms with Gasteiger partial charge in [0.05, 0.1) is 4.47 Å². The van der Waals surface area contributed by atoms with Crippen molar-refractivity contribution >= 4 is 39.3 Å². The maximum Gasteiger partial charge on any atom is 0.137 e. The van der Waals surface area contributed by atoms with Crippen LogP contribution in [0.2, 0.25) is 5.02 Å². The third kappa shape index (κ3) is 3.62. The monoisotopic (exact) mass is 385 g/mol. The average Bonchev–Trinajstić information content (AvgIpc) is 2.48. The van der Waals surface area contributed by atoms with Crippen LogP contribution in [0.3, 0.4) is 0 Å². The van der Waals surface area contributed by atoms with E-state index in [9.17, 15) is 4.39 Å². The van der Waals surface area contributed by atoms with Crippen LogP contribution >= 0.6 is 39.3 Å². The highest BCUT2D eigenvalue weighted by atomic mass is 79.9. The van der Waals surface area contributed by atoms with Crippen molar-refractivity contribution in [1.29, 1.82) is 0 Å². The van der Waals surface area contributed by atoms with Crippen LogP contribution in [0.15, 0.2) is 45.8 Å². The molecule has 21 heavy (non-hydrogen) atoms. The number of hydrogen-bond acceptors (Lipinski definition) is 2. The van der Waals surface area contributed by atoms with Crippen molar-refractivity contribution in [3.05, 3.63) is 62.8 Å². The lowest BCUT2D eigenvalue weighted by Gasteiger charge is -2.26. The Hall–Kier alpha value is -0.550. The van der Waals surface area contributed by atoms with Crippen molar-refractivity contribution in [3.63, 3.8) is 0 Å². The van der Waals surface area contributed by atoms with Crippen molar-refractivity contribution in [3.8, 4) is 0 Å². The lowest BCUT2D eigenvalue weighted by Crippen LogP contribution is -2.24. The Balaban J connectivity index is 1.74. The van der Waals surface area contributed by atoms with E-state index in [0.717, 1.165) is 22.8 Å². The quantitative estimate of drug-likeness (QED) is 0.740. The molecule has 2 aromatic carbocycles. The molecule has 0 fully saturated rings. The summed E-state index contributed by atoms with van der Waals surface area (Å²) in [4.78, 5) is 1.28. The van der Waals surface area contributed by atoms with Crippen molar-refractivity contribution in [1.82, 2.24) is 5.32 Å². The Labute approximate surface area is 141 Å². The van der Waals surface area contributed by atoms with E-state index in [2.05, 4.69) is 27.3 Å². The molecular formula is C16H14BrClFNS. The average molecular weight is 387 g/mol. The molecule has 1 unspecified atom stereocenters. The number of nitrogens with one attached hydrogen (secondary N) is 1. The Bertz CT molecular complexity index is 665. The highest BCUT2D eigenvalue weighted by molar-refractivity contribution is 9.10. The van der Waals surface area contributed by atoms with Crippen LogP contribution in [0, 0.1) is 5.82 Å². The van der Waals surface area contributed by atoms with Crippen molar-refractivity contribution in [2.75, 3.05) is 5.75 Å². The van der Waals surface area contributed by atoms with Gasteiger partial charge < -0.3 is 5.32 Å². The molecule has 0 spiro atoms. The second-order valence-corrected chi connectivity index (χ2v) is 7.43. The molecule has 5 heteroatoms. The van der Waals surface area contributed by atoms with E-state index in [0.29, 0.717) is 11.0 Å². The lowest BCUT2D eigenvalue weighted by molar-refractivity contribution is 0.508. The van der Waals surface area contributed by atoms with Crippen LogP contribution in [0.1, 0.15) is 23.6 Å². The third-order valence-electron chi connectivity index (χ3n) is 3.55. The van der Waals surface area contributed by atoms with Gasteiger partial charge in [-0.25, -0.2) is 4.39 Å². The van der Waals surface area contributed by atoms with Crippen molar-refractivity contribution < 1.29 is 4.39 Å². The first-order valence-electron chi connectivity index (χ1n) is 6.73. The summed E-state index contributed by atoms with van der Waals surface area (Å²) in [5, 5.41) is 4.28. The van der Waals surface area contributed by atoms with Gasteiger partial charge in [-0.1, -0.05) is 17.7 Å². The van der Waals surface area contributed by atoms with Gasteiger partial charge in [-0.2, -0.15) is 0 Å². The molecule has 0 saturated carbocycles. The molecule has 0 saturated heterocycles. The summed E-state index contributed by atoms with van der Waals surface area (Å²) in [5.41, 5.74) is 2.19. The van der Waals surface area contributed by atoms with Crippen LogP contribution in [-0.2, 0) is 6.54 Å². The fourth-order valence-corrected chi connectivity index (χ4v) is 4.00. The van der Waals surface area contributed by atoms with E-state index < -0.39 is 0 Å². The van der Waals surface area contributed by atoms with Gasteiger partial charge in [0.2, 0.25) is 0 Å². The maximum absolute atomic E-state index is 13.5. The van der Waals surface area contributed by atoms with Crippen LogP contribution in [0.4, 0.5) is 4.39 Å². The number of benzene rings is 2. The van der Waals surface area contributed by atoms with Crippen LogP contribution in [0.25, 0.3) is 0 Å². The number of halogens is 3. The number of fused-ring (bicyclic) bond motifs is 1. The van der Waals surface area contributed by atoms with Crippen molar-refractivity contribution in [2.45, 2.75) is 23.9 Å². The lowest BCUT2D eigenvalue weighted by atomic mass is 10.0. The molecule has 0 amide bonds. The Morgan fingerprint density at radius 1 is 1.29 bits per heavy atom. The minimum absolute atomic E-state index is 0.225. The summed E-state index contributed by atoms with van der Waals surface area (Å²) < 4.78 is 14.0. The van der Waals surface area contributed by atoms with Gasteiger partial charge >= 0.3 is 0 Å². The molecule has 0 aromatic heterocycles. The highest BCUT2D eigenvalue weighted by Gasteiger charge is 2.20. The Morgan fingerprint density at radius 2 is 2.14 bits per heavy atom. The standard InChI is InChI=1S/C16H14BrClFNS/c17-13-3-1-10(7-14(13)19)9-20-15-5-6-21-16-4-2-11(18)8-12(15)16/h1-4,7-8,15,20H,5-6,9H2. The Morgan fingerprint density at radius 3 is 2.95 bits per heavy atom. The fourth-order valence-electron chi connectivity index (χ4n) is 2.47. The zero-order valence-electron chi connectivity index (χ0n) is 11.2. The first-order valence-corrected chi connectivity index (χ1v) is 8.89. The van der Waals surface area contributed by atoms with Gasteiger partial charge in [0.25, 0.3) is 0 Å². The van der Waals surface area contributed by atoms with Gasteiger partial charge in [0, 0.05) is 22.5 Å². The third-order valence-corrected chi connectivity index (χ3v) is 5.55. The van der Waals surface area contributed by atoms with Crippen LogP contribution in [0.5, 0.6) is 0 Å². The minimum Gasteiger partial charge on any atom is -0.306 e. The van der Waals surface area contributed by atoms with E-state index in [-0.39, 0.29) is 11.9 Å². The van der Waals surface area contributed by atoms with Gasteiger partial charge in [-0.3, -0.25) is 0 Å². The largest absolute Gasteiger partial charge is 0.306 e. The zero-order chi connectivity index (χ0) is 14.8. The highest BCUT2D eigenvalue weighted by Crippen LogP contribution is 2.37. The molecule has 1 aliphatic rings. The van der Waals surface area contributed by atoms with E-state index in [1.807, 2.05) is 30.0 Å². The normalized spacial score (nSPS) is 17.6. The van der Waals surface area contributed by atoms with Gasteiger partial charge in [0.15, 0.2) is 0 Å². The van der Waals surface area contributed by atoms with E-state index in [4.69, 9.17) is 11.6 Å². The second-order valence-electron chi connectivity index (χ2n) is 5.00. The second kappa shape index (κ2) is 6.69. The fraction of sp³-hybridized carbons (Fsp3) is 0.250. The number of hydrogen-bond donors (Lipinski definition) is 1. The van der Waals surface area contributed by atoms with E-state index in [1.165, 1.54) is 10.5 Å². The van der Waals surface area contributed by atoms with E-state index in [1.54, 1.807) is 12.1 Å². The summed E-state index contributed by atoms with van der Waals surface area (Å²) in [6, 6.07) is 11.5. The van der Waals surface area contributed by atoms with Gasteiger partial charge in [-0.05, 0) is 69.6 Å². The first-order chi connectivity index (χ1) is 10.1. The summed E-state index contributed by atoms with van der Waals surface area (Å²) in [6.45, 7) is 0.644.